The van der Waals surface area contributed by atoms with Crippen molar-refractivity contribution in [3.63, 3.8) is 0 Å². The lowest BCUT2D eigenvalue weighted by molar-refractivity contribution is -0.0206. The molecular weight excluding hydrogens is 658 g/mol. The van der Waals surface area contributed by atoms with Crippen LogP contribution in [0.25, 0.3) is 0 Å². The fourth-order valence-electron chi connectivity index (χ4n) is 7.17. The second-order valence-corrected chi connectivity index (χ2v) is 13.2. The number of urea groups is 1. The number of rotatable bonds is 10. The molecule has 2 saturated heterocycles. The summed E-state index contributed by atoms with van der Waals surface area (Å²) in [6, 6.07) is 19.2. The predicted molar refractivity (Wildman–Crippen MR) is 189 cm³/mol. The molecule has 14 heteroatoms. The van der Waals surface area contributed by atoms with E-state index in [1.165, 1.54) is 29.9 Å². The lowest BCUT2D eigenvalue weighted by Crippen LogP contribution is -2.48. The Morgan fingerprint density at radius 2 is 1.71 bits per heavy atom. The lowest BCUT2D eigenvalue weighted by atomic mass is 9.87. The smallest absolute Gasteiger partial charge is 0.342 e. The fourth-order valence-corrected chi connectivity index (χ4v) is 7.17. The standard InChI is InChI=1S/C37H42F2N8O4/c1-3-35-26(2)50-25-42-47(35)36(48)43-29-5-7-30(8-6-29)44-14-16-45(17-15-44)31-9-11-32(12-10-31)49-20-27-19-37(51-21-27,22-46-24-40-23-41-46)33-13-4-28(38)18-34(33)39/h4-13,18,23-27,35H,3,14-17,19-22H2,1-2H3,(H,43,48)/t26?,27-,35-,37+/m1/s1. The van der Waals surface area contributed by atoms with Crippen LogP contribution in [0.1, 0.15) is 32.3 Å². The predicted octanol–water partition coefficient (Wildman–Crippen LogP) is 5.87. The first-order valence-corrected chi connectivity index (χ1v) is 17.3. The largest absolute Gasteiger partial charge is 0.493 e. The molecule has 0 bridgehead atoms. The van der Waals surface area contributed by atoms with Crippen molar-refractivity contribution < 1.29 is 27.8 Å². The number of carbonyl (C=O) groups is 1. The monoisotopic (exact) mass is 700 g/mol. The summed E-state index contributed by atoms with van der Waals surface area (Å²) in [6.07, 6.45) is 5.41. The van der Waals surface area contributed by atoms with Crippen LogP contribution >= 0.6 is 0 Å². The Balaban J connectivity index is 0.895. The molecule has 0 aliphatic carbocycles. The maximum absolute atomic E-state index is 15.0. The van der Waals surface area contributed by atoms with Crippen molar-refractivity contribution in [2.75, 3.05) is 54.5 Å². The average Bonchev–Trinajstić information content (AvgIpc) is 3.82. The number of halogens is 2. The van der Waals surface area contributed by atoms with Crippen LogP contribution in [0.4, 0.5) is 30.6 Å². The zero-order valence-corrected chi connectivity index (χ0v) is 28.7. The third-order valence-electron chi connectivity index (χ3n) is 9.90. The Labute approximate surface area is 295 Å². The van der Waals surface area contributed by atoms with Crippen LogP contribution in [0.3, 0.4) is 0 Å². The molecule has 2 fully saturated rings. The van der Waals surface area contributed by atoms with Gasteiger partial charge >= 0.3 is 6.03 Å². The van der Waals surface area contributed by atoms with E-state index in [0.717, 1.165) is 55.8 Å². The van der Waals surface area contributed by atoms with E-state index in [2.05, 4.69) is 42.4 Å². The molecule has 3 aliphatic heterocycles. The minimum absolute atomic E-state index is 0.00720. The summed E-state index contributed by atoms with van der Waals surface area (Å²) in [6.45, 7) is 8.38. The summed E-state index contributed by atoms with van der Waals surface area (Å²) in [5.74, 6) is -0.546. The normalized spacial score (nSPS) is 23.3. The lowest BCUT2D eigenvalue weighted by Gasteiger charge is -2.37. The minimum Gasteiger partial charge on any atom is -0.493 e. The third-order valence-corrected chi connectivity index (χ3v) is 9.90. The number of carbonyl (C=O) groups excluding carboxylic acids is 1. The summed E-state index contributed by atoms with van der Waals surface area (Å²) in [5.41, 5.74) is 2.21. The summed E-state index contributed by atoms with van der Waals surface area (Å²) < 4.78 is 48.2. The zero-order chi connectivity index (χ0) is 35.4. The number of anilines is 3. The van der Waals surface area contributed by atoms with E-state index in [0.29, 0.717) is 30.9 Å². The van der Waals surface area contributed by atoms with Crippen LogP contribution in [-0.4, -0.2) is 83.7 Å². The van der Waals surface area contributed by atoms with E-state index in [1.807, 2.05) is 50.2 Å². The Kier molecular flexibility index (Phi) is 10.0. The number of nitrogens with one attached hydrogen (secondary N) is 1. The molecule has 12 nitrogen and oxygen atoms in total. The summed E-state index contributed by atoms with van der Waals surface area (Å²) in [5, 5.41) is 12.7. The van der Waals surface area contributed by atoms with Crippen LogP contribution in [0, 0.1) is 17.6 Å². The van der Waals surface area contributed by atoms with Crippen molar-refractivity contribution in [3.05, 3.63) is 96.6 Å². The molecule has 7 rings (SSSR count). The number of amides is 2. The van der Waals surface area contributed by atoms with Gasteiger partial charge in [-0.25, -0.2) is 28.3 Å². The maximum Gasteiger partial charge on any atom is 0.342 e. The second-order valence-electron chi connectivity index (χ2n) is 13.2. The number of nitrogens with zero attached hydrogens (tertiary/aromatic N) is 7. The first kappa shape index (κ1) is 34.2. The first-order chi connectivity index (χ1) is 24.8. The number of hydrazone groups is 1. The highest BCUT2D eigenvalue weighted by molar-refractivity contribution is 5.90. The molecular formula is C37H42F2N8O4. The van der Waals surface area contributed by atoms with E-state index < -0.39 is 17.2 Å². The van der Waals surface area contributed by atoms with Gasteiger partial charge in [0.2, 0.25) is 0 Å². The van der Waals surface area contributed by atoms with Crippen LogP contribution in [0.15, 0.2) is 84.5 Å². The molecule has 0 saturated carbocycles. The number of aromatic nitrogens is 3. The van der Waals surface area contributed by atoms with Crippen molar-refractivity contribution >= 4 is 29.5 Å². The number of hydrogen-bond acceptors (Lipinski definition) is 9. The van der Waals surface area contributed by atoms with Gasteiger partial charge in [0.15, 0.2) is 6.40 Å². The highest BCUT2D eigenvalue weighted by Crippen LogP contribution is 2.42. The van der Waals surface area contributed by atoms with Crippen LogP contribution < -0.4 is 19.9 Å². The van der Waals surface area contributed by atoms with Gasteiger partial charge in [0.25, 0.3) is 0 Å². The van der Waals surface area contributed by atoms with Crippen LogP contribution in [-0.2, 0) is 21.6 Å². The van der Waals surface area contributed by atoms with Gasteiger partial charge in [-0.3, -0.25) is 0 Å². The molecule has 3 aliphatic rings. The second kappa shape index (κ2) is 14.9. The molecule has 4 heterocycles. The van der Waals surface area contributed by atoms with Gasteiger partial charge in [0.1, 0.15) is 41.7 Å². The van der Waals surface area contributed by atoms with Gasteiger partial charge in [0.05, 0.1) is 25.8 Å². The Morgan fingerprint density at radius 1 is 1.00 bits per heavy atom. The molecule has 2 amide bonds. The van der Waals surface area contributed by atoms with Gasteiger partial charge in [-0.1, -0.05) is 13.0 Å². The highest BCUT2D eigenvalue weighted by atomic mass is 19.1. The SMILES string of the molecule is CC[C@@H]1C(C)OC=NN1C(=O)Nc1ccc(N2CCN(c3ccc(OC[C@@H]4CO[C@@](Cn5cncn5)(c5ccc(F)cc5F)C4)cc3)CC2)cc1. The highest BCUT2D eigenvalue weighted by Gasteiger charge is 2.44. The first-order valence-electron chi connectivity index (χ1n) is 17.3. The topological polar surface area (TPSA) is 110 Å². The van der Waals surface area contributed by atoms with Gasteiger partial charge in [-0.15, -0.1) is 5.10 Å². The summed E-state index contributed by atoms with van der Waals surface area (Å²) in [7, 11) is 0. The van der Waals surface area contributed by atoms with Crippen molar-refractivity contribution in [2.45, 2.75) is 51.0 Å². The number of benzene rings is 3. The maximum atomic E-state index is 15.0. The van der Waals surface area contributed by atoms with Gasteiger partial charge in [0, 0.05) is 60.8 Å². The zero-order valence-electron chi connectivity index (χ0n) is 28.7. The van der Waals surface area contributed by atoms with E-state index in [1.54, 1.807) is 11.0 Å². The van der Waals surface area contributed by atoms with Gasteiger partial charge in [-0.05, 0) is 74.4 Å². The third kappa shape index (κ3) is 7.60. The van der Waals surface area contributed by atoms with E-state index in [9.17, 15) is 13.6 Å². The van der Waals surface area contributed by atoms with Gasteiger partial charge < -0.3 is 29.3 Å². The molecule has 4 aromatic rings. The molecule has 268 valence electrons. The Morgan fingerprint density at radius 3 is 2.35 bits per heavy atom. The van der Waals surface area contributed by atoms with E-state index in [-0.39, 0.29) is 30.6 Å². The van der Waals surface area contributed by atoms with Crippen molar-refractivity contribution in [2.24, 2.45) is 11.0 Å². The number of piperazine rings is 1. The fraction of sp³-hybridized carbons (Fsp3) is 0.405. The quantitative estimate of drug-likeness (QED) is 0.219. The van der Waals surface area contributed by atoms with Gasteiger partial charge in [-0.2, -0.15) is 5.10 Å². The van der Waals surface area contributed by atoms with Crippen molar-refractivity contribution in [3.8, 4) is 5.75 Å². The van der Waals surface area contributed by atoms with Crippen molar-refractivity contribution in [1.82, 2.24) is 19.8 Å². The molecule has 0 radical (unpaired) electrons. The molecule has 0 spiro atoms. The molecule has 1 N–H and O–H groups in total. The molecule has 1 unspecified atom stereocenters. The molecule has 1 aromatic heterocycles. The van der Waals surface area contributed by atoms with Crippen LogP contribution in [0.2, 0.25) is 0 Å². The molecule has 51 heavy (non-hydrogen) atoms. The summed E-state index contributed by atoms with van der Waals surface area (Å²) in [4.78, 5) is 21.6. The number of ether oxygens (including phenoxy) is 3. The van der Waals surface area contributed by atoms with E-state index >= 15 is 0 Å². The Bertz CT molecular complexity index is 1800. The average molecular weight is 701 g/mol. The van der Waals surface area contributed by atoms with Crippen molar-refractivity contribution in [1.29, 1.82) is 0 Å². The summed E-state index contributed by atoms with van der Waals surface area (Å²) >= 11 is 0. The number of hydrogen-bond donors (Lipinski definition) is 1. The molecule has 4 atom stereocenters. The van der Waals surface area contributed by atoms with Crippen LogP contribution in [0.5, 0.6) is 5.75 Å². The minimum atomic E-state index is -1.01. The molecule has 3 aromatic carbocycles. The Hall–Kier alpha value is -5.24. The van der Waals surface area contributed by atoms with E-state index in [4.69, 9.17) is 14.2 Å².